The zero-order valence-electron chi connectivity index (χ0n) is 14.7. The zero-order valence-corrected chi connectivity index (χ0v) is 17.0. The van der Waals surface area contributed by atoms with E-state index in [0.29, 0.717) is 37.6 Å². The lowest BCUT2D eigenvalue weighted by atomic mass is 10.1. The van der Waals surface area contributed by atoms with E-state index >= 15 is 0 Å². The van der Waals surface area contributed by atoms with Gasteiger partial charge in [-0.15, -0.1) is 0 Å². The first-order valence-electron chi connectivity index (χ1n) is 8.58. The van der Waals surface area contributed by atoms with Crippen LogP contribution < -0.4 is 5.32 Å². The number of halogens is 3. The molecule has 4 N–H and O–H groups in total. The SMILES string of the molecule is OC[C@H]1OC(n2cnc3c(NCc4cc(Cl)cc(Cl)c4Cl)ncnc32)[C@H](O)[C@@H]1O. The number of aliphatic hydroxyl groups is 3. The first-order chi connectivity index (χ1) is 13.9. The van der Waals surface area contributed by atoms with Crippen molar-refractivity contribution in [2.75, 3.05) is 11.9 Å². The molecule has 3 aromatic rings. The van der Waals surface area contributed by atoms with Crippen LogP contribution in [-0.4, -0.2) is 59.8 Å². The van der Waals surface area contributed by atoms with E-state index in [0.717, 1.165) is 0 Å². The van der Waals surface area contributed by atoms with Crippen LogP contribution in [0.25, 0.3) is 11.2 Å². The van der Waals surface area contributed by atoms with Crippen LogP contribution >= 0.6 is 34.8 Å². The number of nitrogens with zero attached hydrogens (tertiary/aromatic N) is 4. The van der Waals surface area contributed by atoms with Gasteiger partial charge in [0.25, 0.3) is 0 Å². The Morgan fingerprint density at radius 2 is 1.90 bits per heavy atom. The lowest BCUT2D eigenvalue weighted by Crippen LogP contribution is -2.33. The Morgan fingerprint density at radius 3 is 2.62 bits per heavy atom. The molecule has 0 aliphatic carbocycles. The lowest BCUT2D eigenvalue weighted by Gasteiger charge is -2.16. The summed E-state index contributed by atoms with van der Waals surface area (Å²) >= 11 is 18.3. The van der Waals surface area contributed by atoms with E-state index in [1.807, 2.05) is 0 Å². The number of imidazole rings is 1. The second kappa shape index (κ2) is 8.19. The maximum atomic E-state index is 10.3. The van der Waals surface area contributed by atoms with E-state index < -0.39 is 31.1 Å². The maximum Gasteiger partial charge on any atom is 0.167 e. The molecule has 1 aliphatic heterocycles. The van der Waals surface area contributed by atoms with E-state index in [4.69, 9.17) is 39.5 Å². The fourth-order valence-corrected chi connectivity index (χ4v) is 3.91. The van der Waals surface area contributed by atoms with Crippen molar-refractivity contribution >= 4 is 51.8 Å². The van der Waals surface area contributed by atoms with Gasteiger partial charge in [-0.3, -0.25) is 4.57 Å². The summed E-state index contributed by atoms with van der Waals surface area (Å²) in [4.78, 5) is 12.7. The Bertz CT molecular complexity index is 1050. The zero-order chi connectivity index (χ0) is 20.7. The van der Waals surface area contributed by atoms with Gasteiger partial charge in [0.15, 0.2) is 23.2 Å². The minimum absolute atomic E-state index is 0.284. The first-order valence-corrected chi connectivity index (χ1v) is 9.71. The van der Waals surface area contributed by atoms with Gasteiger partial charge in [0.1, 0.15) is 24.6 Å². The highest BCUT2D eigenvalue weighted by Gasteiger charge is 2.44. The van der Waals surface area contributed by atoms with Crippen molar-refractivity contribution in [2.24, 2.45) is 0 Å². The normalized spacial score (nSPS) is 24.3. The molecule has 1 aliphatic rings. The summed E-state index contributed by atoms with van der Waals surface area (Å²) in [5.41, 5.74) is 1.49. The van der Waals surface area contributed by atoms with Crippen molar-refractivity contribution in [2.45, 2.75) is 31.1 Å². The number of aromatic nitrogens is 4. The van der Waals surface area contributed by atoms with E-state index in [9.17, 15) is 15.3 Å². The molecule has 1 unspecified atom stereocenters. The van der Waals surface area contributed by atoms with Crippen molar-refractivity contribution < 1.29 is 20.1 Å². The van der Waals surface area contributed by atoms with Gasteiger partial charge in [-0.05, 0) is 17.7 Å². The topological polar surface area (TPSA) is 126 Å². The Kier molecular flexibility index (Phi) is 5.80. The van der Waals surface area contributed by atoms with E-state index in [1.54, 1.807) is 12.1 Å². The number of hydrogen-bond donors (Lipinski definition) is 4. The number of aliphatic hydroxyl groups excluding tert-OH is 3. The van der Waals surface area contributed by atoms with Crippen LogP contribution in [0.3, 0.4) is 0 Å². The fourth-order valence-electron chi connectivity index (χ4n) is 3.19. The van der Waals surface area contributed by atoms with Gasteiger partial charge in [-0.1, -0.05) is 34.8 Å². The monoisotopic (exact) mass is 459 g/mol. The van der Waals surface area contributed by atoms with Gasteiger partial charge in [-0.25, -0.2) is 15.0 Å². The molecule has 1 aromatic carbocycles. The van der Waals surface area contributed by atoms with Gasteiger partial charge in [0, 0.05) is 11.6 Å². The van der Waals surface area contributed by atoms with Crippen LogP contribution in [-0.2, 0) is 11.3 Å². The molecule has 3 heterocycles. The third kappa shape index (κ3) is 3.75. The summed E-state index contributed by atoms with van der Waals surface area (Å²) < 4.78 is 7.03. The molecule has 9 nitrogen and oxygen atoms in total. The van der Waals surface area contributed by atoms with Gasteiger partial charge >= 0.3 is 0 Å². The summed E-state index contributed by atoms with van der Waals surface area (Å²) in [5, 5.41) is 33.8. The van der Waals surface area contributed by atoms with Gasteiger partial charge in [-0.2, -0.15) is 0 Å². The number of nitrogens with one attached hydrogen (secondary N) is 1. The van der Waals surface area contributed by atoms with Crippen LogP contribution in [0.2, 0.25) is 15.1 Å². The number of benzene rings is 1. The summed E-state index contributed by atoms with van der Waals surface area (Å²) in [6.07, 6.45) is -1.57. The third-order valence-electron chi connectivity index (χ3n) is 4.66. The molecule has 1 saturated heterocycles. The molecule has 1 fully saturated rings. The summed E-state index contributed by atoms with van der Waals surface area (Å²) in [6.45, 7) is -0.141. The van der Waals surface area contributed by atoms with Crippen LogP contribution in [0, 0.1) is 0 Å². The molecule has 0 bridgehead atoms. The summed E-state index contributed by atoms with van der Waals surface area (Å²) in [6, 6.07) is 3.25. The van der Waals surface area contributed by atoms with E-state index in [2.05, 4.69) is 20.3 Å². The average Bonchev–Trinajstić information content (AvgIpc) is 3.25. The van der Waals surface area contributed by atoms with Crippen molar-refractivity contribution in [1.29, 1.82) is 0 Å². The number of rotatable bonds is 5. The molecule has 0 spiro atoms. The Labute approximate surface area is 179 Å². The largest absolute Gasteiger partial charge is 0.394 e. The Balaban J connectivity index is 1.62. The Hall–Kier alpha value is -1.72. The smallest absolute Gasteiger partial charge is 0.167 e. The molecule has 2 aromatic heterocycles. The molecular weight excluding hydrogens is 445 g/mol. The molecule has 0 radical (unpaired) electrons. The molecule has 0 saturated carbocycles. The highest BCUT2D eigenvalue weighted by atomic mass is 35.5. The summed E-state index contributed by atoms with van der Waals surface area (Å²) in [7, 11) is 0. The van der Waals surface area contributed by atoms with E-state index in [1.165, 1.54) is 17.2 Å². The standard InChI is InChI=1S/C17H16Cl3N5O4/c18-8-1-7(11(20)9(19)2-8)3-21-15-12-16(23-5-22-15)25(6-24-12)17-14(28)13(27)10(4-26)29-17/h1-2,5-6,10,13-14,17,26-28H,3-4H2,(H,21,22,23)/t10-,13-,14-,17?/m1/s1. The molecule has 4 rings (SSSR count). The Morgan fingerprint density at radius 1 is 1.10 bits per heavy atom. The second-order valence-electron chi connectivity index (χ2n) is 6.49. The van der Waals surface area contributed by atoms with Crippen molar-refractivity contribution in [3.8, 4) is 0 Å². The predicted molar refractivity (Wildman–Crippen MR) is 107 cm³/mol. The number of fused-ring (bicyclic) bond motifs is 1. The first kappa shape index (κ1) is 20.5. The van der Waals surface area contributed by atoms with Gasteiger partial charge in [0.05, 0.1) is 23.0 Å². The highest BCUT2D eigenvalue weighted by molar-refractivity contribution is 6.43. The fraction of sp³-hybridized carbons (Fsp3) is 0.353. The third-order valence-corrected chi connectivity index (χ3v) is 5.72. The van der Waals surface area contributed by atoms with Crippen molar-refractivity contribution in [3.63, 3.8) is 0 Å². The quantitative estimate of drug-likeness (QED) is 0.426. The average molecular weight is 461 g/mol. The molecule has 29 heavy (non-hydrogen) atoms. The number of anilines is 1. The predicted octanol–water partition coefficient (Wildman–Crippen LogP) is 2.01. The molecule has 154 valence electrons. The van der Waals surface area contributed by atoms with E-state index in [-0.39, 0.29) is 6.54 Å². The van der Waals surface area contributed by atoms with Crippen LogP contribution in [0.5, 0.6) is 0 Å². The van der Waals surface area contributed by atoms with Crippen molar-refractivity contribution in [1.82, 2.24) is 19.5 Å². The minimum atomic E-state index is -1.25. The van der Waals surface area contributed by atoms with Crippen LogP contribution in [0.4, 0.5) is 5.82 Å². The molecule has 4 atom stereocenters. The lowest BCUT2D eigenvalue weighted by molar-refractivity contribution is -0.0511. The van der Waals surface area contributed by atoms with Gasteiger partial charge in [0.2, 0.25) is 0 Å². The second-order valence-corrected chi connectivity index (χ2v) is 7.71. The molecular formula is C17H16Cl3N5O4. The van der Waals surface area contributed by atoms with Crippen LogP contribution in [0.15, 0.2) is 24.8 Å². The highest BCUT2D eigenvalue weighted by Crippen LogP contribution is 2.33. The van der Waals surface area contributed by atoms with Gasteiger partial charge < -0.3 is 25.4 Å². The summed E-state index contributed by atoms with van der Waals surface area (Å²) in [5.74, 6) is 0.424. The minimum Gasteiger partial charge on any atom is -0.394 e. The number of hydrogen-bond acceptors (Lipinski definition) is 8. The molecule has 12 heteroatoms. The number of ether oxygens (including phenoxy) is 1. The molecule has 0 amide bonds. The van der Waals surface area contributed by atoms with Crippen molar-refractivity contribution in [3.05, 3.63) is 45.4 Å². The maximum absolute atomic E-state index is 10.3. The van der Waals surface area contributed by atoms with Crippen LogP contribution in [0.1, 0.15) is 11.8 Å².